The van der Waals surface area contributed by atoms with Crippen LogP contribution in [0.15, 0.2) is 42.5 Å². The zero-order valence-electron chi connectivity index (χ0n) is 16.8. The maximum atomic E-state index is 12.8. The van der Waals surface area contributed by atoms with Crippen LogP contribution in [0.25, 0.3) is 0 Å². The normalized spacial score (nSPS) is 20.3. The van der Waals surface area contributed by atoms with Crippen LogP contribution < -0.4 is 4.74 Å². The van der Waals surface area contributed by atoms with Crippen LogP contribution in [0.5, 0.6) is 5.75 Å². The van der Waals surface area contributed by atoms with E-state index in [0.29, 0.717) is 11.8 Å². The molecule has 1 amide bonds. The second-order valence-corrected chi connectivity index (χ2v) is 8.15. The Morgan fingerprint density at radius 3 is 2.71 bits per heavy atom. The molecule has 2 fully saturated rings. The number of carbonyl (C=O) groups excluding carboxylic acids is 1. The minimum absolute atomic E-state index is 0.267. The third-order valence-electron chi connectivity index (χ3n) is 6.25. The zero-order valence-corrected chi connectivity index (χ0v) is 16.8. The number of benzene rings is 1. The molecule has 4 rings (SSSR count). The average molecular weight is 379 g/mol. The molecule has 1 saturated carbocycles. The van der Waals surface area contributed by atoms with Crippen LogP contribution in [0.1, 0.15) is 61.4 Å². The van der Waals surface area contributed by atoms with Crippen molar-refractivity contribution in [3.63, 3.8) is 0 Å². The van der Waals surface area contributed by atoms with Crippen molar-refractivity contribution in [1.82, 2.24) is 9.88 Å². The van der Waals surface area contributed by atoms with E-state index in [0.717, 1.165) is 67.9 Å². The van der Waals surface area contributed by atoms with Gasteiger partial charge >= 0.3 is 0 Å². The molecule has 4 heteroatoms. The largest absolute Gasteiger partial charge is 0.496 e. The van der Waals surface area contributed by atoms with E-state index in [9.17, 15) is 4.79 Å². The summed E-state index contributed by atoms with van der Waals surface area (Å²) >= 11 is 0. The first kappa shape index (κ1) is 19.0. The fraction of sp³-hybridized carbons (Fsp3) is 0.500. The maximum Gasteiger partial charge on any atom is 0.225 e. The Hall–Kier alpha value is -2.36. The van der Waals surface area contributed by atoms with Crippen molar-refractivity contribution >= 4 is 5.91 Å². The number of hydrogen-bond acceptors (Lipinski definition) is 3. The summed E-state index contributed by atoms with van der Waals surface area (Å²) in [6.45, 7) is 1.73. The first-order valence-electron chi connectivity index (χ1n) is 10.6. The van der Waals surface area contributed by atoms with E-state index in [4.69, 9.17) is 9.72 Å². The van der Waals surface area contributed by atoms with Gasteiger partial charge in [-0.25, -0.2) is 0 Å². The topological polar surface area (TPSA) is 42.4 Å². The van der Waals surface area contributed by atoms with Crippen molar-refractivity contribution in [2.45, 2.75) is 50.9 Å². The molecule has 1 aliphatic heterocycles. The van der Waals surface area contributed by atoms with Gasteiger partial charge < -0.3 is 9.64 Å². The number of carbonyl (C=O) groups is 1. The third-order valence-corrected chi connectivity index (χ3v) is 6.25. The number of nitrogens with zero attached hydrogens (tertiary/aromatic N) is 2. The van der Waals surface area contributed by atoms with Crippen LogP contribution in [-0.4, -0.2) is 36.0 Å². The number of amides is 1. The predicted molar refractivity (Wildman–Crippen MR) is 111 cm³/mol. The molecule has 2 aromatic rings. The molecule has 1 atom stereocenters. The average Bonchev–Trinajstić information content (AvgIpc) is 3.29. The quantitative estimate of drug-likeness (QED) is 0.765. The first-order valence-corrected chi connectivity index (χ1v) is 10.6. The van der Waals surface area contributed by atoms with Gasteiger partial charge in [0, 0.05) is 48.3 Å². The van der Waals surface area contributed by atoms with Crippen LogP contribution in [0.2, 0.25) is 0 Å². The lowest BCUT2D eigenvalue weighted by atomic mass is 9.92. The molecule has 28 heavy (non-hydrogen) atoms. The summed E-state index contributed by atoms with van der Waals surface area (Å²) in [5.41, 5.74) is 3.33. The summed E-state index contributed by atoms with van der Waals surface area (Å²) in [4.78, 5) is 19.9. The van der Waals surface area contributed by atoms with E-state index in [2.05, 4.69) is 29.2 Å². The van der Waals surface area contributed by atoms with Crippen LogP contribution in [0.3, 0.4) is 0 Å². The standard InChI is InChI=1S/C24H30N2O2/c1-28-23-14-5-4-10-19(23)16-21-12-6-13-22(25-21)20-11-7-15-26(17-20)24(27)18-8-2-3-9-18/h4-6,10,12-14,18,20H,2-3,7-9,11,15-17H2,1H3. The smallest absolute Gasteiger partial charge is 0.225 e. The molecule has 0 spiro atoms. The Bertz CT molecular complexity index is 814. The molecule has 0 bridgehead atoms. The molecular weight excluding hydrogens is 348 g/mol. The lowest BCUT2D eigenvalue weighted by Gasteiger charge is -2.34. The van der Waals surface area contributed by atoms with Crippen LogP contribution >= 0.6 is 0 Å². The molecule has 2 aliphatic rings. The summed E-state index contributed by atoms with van der Waals surface area (Å²) in [5, 5.41) is 0. The van der Waals surface area contributed by atoms with Gasteiger partial charge in [-0.05, 0) is 43.9 Å². The van der Waals surface area contributed by atoms with Crippen molar-refractivity contribution < 1.29 is 9.53 Å². The van der Waals surface area contributed by atoms with Crippen LogP contribution in [-0.2, 0) is 11.2 Å². The molecule has 1 aliphatic carbocycles. The highest BCUT2D eigenvalue weighted by atomic mass is 16.5. The number of pyridine rings is 1. The highest BCUT2D eigenvalue weighted by Gasteiger charge is 2.31. The van der Waals surface area contributed by atoms with Crippen LogP contribution in [0.4, 0.5) is 0 Å². The van der Waals surface area contributed by atoms with Gasteiger partial charge in [-0.1, -0.05) is 37.1 Å². The Morgan fingerprint density at radius 1 is 1.07 bits per heavy atom. The number of likely N-dealkylation sites (tertiary alicyclic amines) is 1. The first-order chi connectivity index (χ1) is 13.7. The Kier molecular flexibility index (Phi) is 5.94. The molecule has 2 heterocycles. The maximum absolute atomic E-state index is 12.8. The van der Waals surface area contributed by atoms with E-state index in [-0.39, 0.29) is 5.92 Å². The molecule has 0 N–H and O–H groups in total. The monoisotopic (exact) mass is 378 g/mol. The van der Waals surface area contributed by atoms with E-state index >= 15 is 0 Å². The molecule has 1 unspecified atom stereocenters. The minimum atomic E-state index is 0.267. The number of aromatic nitrogens is 1. The Balaban J connectivity index is 1.46. The number of methoxy groups -OCH3 is 1. The van der Waals surface area contributed by atoms with Gasteiger partial charge in [0.2, 0.25) is 5.91 Å². The van der Waals surface area contributed by atoms with Gasteiger partial charge in [0.15, 0.2) is 0 Å². The van der Waals surface area contributed by atoms with Gasteiger partial charge in [-0.15, -0.1) is 0 Å². The second kappa shape index (κ2) is 8.76. The SMILES string of the molecule is COc1ccccc1Cc1cccc(C2CCCN(C(=O)C3CCCC3)C2)n1. The molecule has 1 aromatic carbocycles. The fourth-order valence-electron chi connectivity index (χ4n) is 4.72. The fourth-order valence-corrected chi connectivity index (χ4v) is 4.72. The highest BCUT2D eigenvalue weighted by Crippen LogP contribution is 2.31. The zero-order chi connectivity index (χ0) is 19.3. The van der Waals surface area contributed by atoms with E-state index in [1.807, 2.05) is 18.2 Å². The summed E-state index contributed by atoms with van der Waals surface area (Å²) in [6, 6.07) is 14.4. The number of hydrogen-bond donors (Lipinski definition) is 0. The van der Waals surface area contributed by atoms with E-state index < -0.39 is 0 Å². The van der Waals surface area contributed by atoms with Gasteiger partial charge in [0.05, 0.1) is 7.11 Å². The molecule has 1 aromatic heterocycles. The summed E-state index contributed by atoms with van der Waals surface area (Å²) < 4.78 is 5.48. The van der Waals surface area contributed by atoms with Crippen molar-refractivity contribution in [1.29, 1.82) is 0 Å². The summed E-state index contributed by atoms with van der Waals surface area (Å²) in [7, 11) is 1.71. The van der Waals surface area contributed by atoms with Crippen molar-refractivity contribution in [2.75, 3.05) is 20.2 Å². The Morgan fingerprint density at radius 2 is 1.89 bits per heavy atom. The second-order valence-electron chi connectivity index (χ2n) is 8.15. The third kappa shape index (κ3) is 4.21. The highest BCUT2D eigenvalue weighted by molar-refractivity contribution is 5.79. The van der Waals surface area contributed by atoms with E-state index in [1.54, 1.807) is 7.11 Å². The number of para-hydroxylation sites is 1. The van der Waals surface area contributed by atoms with Gasteiger partial charge in [0.25, 0.3) is 0 Å². The minimum Gasteiger partial charge on any atom is -0.496 e. The number of rotatable bonds is 5. The number of ether oxygens (including phenoxy) is 1. The summed E-state index contributed by atoms with van der Waals surface area (Å²) in [6.07, 6.45) is 7.51. The summed E-state index contributed by atoms with van der Waals surface area (Å²) in [5.74, 6) is 1.90. The molecule has 0 radical (unpaired) electrons. The van der Waals surface area contributed by atoms with Crippen molar-refractivity contribution in [3.05, 3.63) is 59.4 Å². The van der Waals surface area contributed by atoms with Crippen molar-refractivity contribution in [2.24, 2.45) is 5.92 Å². The molecule has 4 nitrogen and oxygen atoms in total. The van der Waals surface area contributed by atoms with Gasteiger partial charge in [-0.2, -0.15) is 0 Å². The van der Waals surface area contributed by atoms with Crippen LogP contribution in [0, 0.1) is 5.92 Å². The molecular formula is C24H30N2O2. The lowest BCUT2D eigenvalue weighted by molar-refractivity contribution is -0.136. The van der Waals surface area contributed by atoms with Gasteiger partial charge in [-0.3, -0.25) is 9.78 Å². The molecule has 148 valence electrons. The van der Waals surface area contributed by atoms with E-state index in [1.165, 1.54) is 12.8 Å². The Labute approximate surface area is 167 Å². The van der Waals surface area contributed by atoms with Gasteiger partial charge in [0.1, 0.15) is 5.75 Å². The molecule has 1 saturated heterocycles. The number of piperidine rings is 1. The predicted octanol–water partition coefficient (Wildman–Crippen LogP) is 4.58. The lowest BCUT2D eigenvalue weighted by Crippen LogP contribution is -2.42. The van der Waals surface area contributed by atoms with Crippen molar-refractivity contribution in [3.8, 4) is 5.75 Å².